The highest BCUT2D eigenvalue weighted by Gasteiger charge is 2.20. The molecule has 1 saturated heterocycles. The molecule has 0 saturated carbocycles. The maximum atomic E-state index is 12.1. The fourth-order valence-electron chi connectivity index (χ4n) is 2.05. The van der Waals surface area contributed by atoms with E-state index in [1.54, 1.807) is 18.2 Å². The van der Waals surface area contributed by atoms with Crippen LogP contribution in [0.3, 0.4) is 0 Å². The molecule has 1 atom stereocenters. The topological polar surface area (TPSA) is 58.2 Å². The largest absolute Gasteiger partial charge is 0.313 e. The van der Waals surface area contributed by atoms with Crippen LogP contribution in [0.5, 0.6) is 0 Å². The van der Waals surface area contributed by atoms with Crippen molar-refractivity contribution in [2.45, 2.75) is 30.2 Å². The molecule has 1 aromatic carbocycles. The van der Waals surface area contributed by atoms with E-state index in [1.165, 1.54) is 6.07 Å². The van der Waals surface area contributed by atoms with Gasteiger partial charge in [-0.3, -0.25) is 0 Å². The molecule has 1 heterocycles. The summed E-state index contributed by atoms with van der Waals surface area (Å²) in [5, 5.41) is 3.55. The molecule has 4 nitrogen and oxygen atoms in total. The summed E-state index contributed by atoms with van der Waals surface area (Å²) in [5.41, 5.74) is 0. The zero-order valence-electron chi connectivity index (χ0n) is 10.0. The minimum atomic E-state index is -3.51. The second-order valence-corrected chi connectivity index (χ2v) is 6.57. The fraction of sp³-hybridized carbons (Fsp3) is 0.500. The minimum Gasteiger partial charge on any atom is -0.313 e. The summed E-state index contributed by atoms with van der Waals surface area (Å²) in [5.74, 6) is 0. The van der Waals surface area contributed by atoms with Crippen molar-refractivity contribution in [3.05, 3.63) is 29.3 Å². The molecule has 0 spiro atoms. The summed E-state index contributed by atoms with van der Waals surface area (Å²) in [6, 6.07) is 6.69. The molecule has 1 aromatic rings. The van der Waals surface area contributed by atoms with Crippen LogP contribution in [0.15, 0.2) is 29.2 Å². The molecule has 1 aliphatic heterocycles. The number of hydrogen-bond acceptors (Lipinski definition) is 3. The van der Waals surface area contributed by atoms with Crippen molar-refractivity contribution in [3.63, 3.8) is 0 Å². The third-order valence-corrected chi connectivity index (χ3v) is 4.98. The van der Waals surface area contributed by atoms with Crippen LogP contribution in [0, 0.1) is 0 Å². The van der Waals surface area contributed by atoms with Gasteiger partial charge in [-0.2, -0.15) is 0 Å². The first-order valence-electron chi connectivity index (χ1n) is 6.07. The van der Waals surface area contributed by atoms with Crippen LogP contribution in [0.4, 0.5) is 0 Å². The molecule has 0 aromatic heterocycles. The number of hydrogen-bond donors (Lipinski definition) is 2. The number of nitrogens with one attached hydrogen (secondary N) is 2. The lowest BCUT2D eigenvalue weighted by molar-refractivity contribution is 0.398. The minimum absolute atomic E-state index is 0.141. The van der Waals surface area contributed by atoms with E-state index in [2.05, 4.69) is 10.0 Å². The first-order chi connectivity index (χ1) is 8.59. The summed E-state index contributed by atoms with van der Waals surface area (Å²) in [6.07, 6.45) is 3.31. The van der Waals surface area contributed by atoms with E-state index in [-0.39, 0.29) is 16.0 Å². The summed E-state index contributed by atoms with van der Waals surface area (Å²) >= 11 is 5.90. The van der Waals surface area contributed by atoms with Gasteiger partial charge in [0.2, 0.25) is 10.0 Å². The molecule has 2 N–H and O–H groups in total. The van der Waals surface area contributed by atoms with E-state index in [0.29, 0.717) is 6.54 Å². The maximum absolute atomic E-state index is 12.1. The molecule has 18 heavy (non-hydrogen) atoms. The van der Waals surface area contributed by atoms with Crippen LogP contribution in [0.1, 0.15) is 19.3 Å². The van der Waals surface area contributed by atoms with Gasteiger partial charge in [0.15, 0.2) is 0 Å². The maximum Gasteiger partial charge on any atom is 0.242 e. The first-order valence-corrected chi connectivity index (χ1v) is 7.93. The van der Waals surface area contributed by atoms with Crippen LogP contribution < -0.4 is 10.0 Å². The average molecular weight is 289 g/mol. The van der Waals surface area contributed by atoms with Crippen LogP contribution in [0.25, 0.3) is 0 Å². The Bertz CT molecular complexity index is 499. The molecule has 0 radical (unpaired) electrons. The van der Waals surface area contributed by atoms with Gasteiger partial charge in [-0.05, 0) is 31.5 Å². The van der Waals surface area contributed by atoms with Gasteiger partial charge in [0.05, 0.1) is 5.02 Å². The lowest BCUT2D eigenvalue weighted by Gasteiger charge is -2.23. The SMILES string of the molecule is O=S(=O)(NC[C@@H]1CCCCN1)c1ccccc1Cl. The molecule has 6 heteroatoms. The Balaban J connectivity index is 2.01. The summed E-state index contributed by atoms with van der Waals surface area (Å²) in [6.45, 7) is 1.37. The second-order valence-electron chi connectivity index (χ2n) is 4.43. The van der Waals surface area contributed by atoms with Gasteiger partial charge in [0.25, 0.3) is 0 Å². The van der Waals surface area contributed by atoms with Crippen LogP contribution in [-0.4, -0.2) is 27.5 Å². The van der Waals surface area contributed by atoms with E-state index in [4.69, 9.17) is 11.6 Å². The summed E-state index contributed by atoms with van der Waals surface area (Å²) in [4.78, 5) is 0.141. The predicted octanol–water partition coefficient (Wildman–Crippen LogP) is 1.76. The van der Waals surface area contributed by atoms with E-state index in [0.717, 1.165) is 25.8 Å². The van der Waals surface area contributed by atoms with Crippen molar-refractivity contribution in [1.82, 2.24) is 10.0 Å². The number of piperidine rings is 1. The molecule has 1 aliphatic rings. The van der Waals surface area contributed by atoms with Gasteiger partial charge in [-0.25, -0.2) is 13.1 Å². The standard InChI is InChI=1S/C12H17ClN2O2S/c13-11-6-1-2-7-12(11)18(16,17)15-9-10-5-3-4-8-14-10/h1-2,6-7,10,14-15H,3-5,8-9H2/t10-/m0/s1. The van der Waals surface area contributed by atoms with Gasteiger partial charge >= 0.3 is 0 Å². The van der Waals surface area contributed by atoms with Crippen molar-refractivity contribution in [2.24, 2.45) is 0 Å². The zero-order valence-corrected chi connectivity index (χ0v) is 11.6. The van der Waals surface area contributed by atoms with Gasteiger partial charge in [-0.1, -0.05) is 30.2 Å². The number of halogens is 1. The molecule has 2 rings (SSSR count). The molecular weight excluding hydrogens is 272 g/mol. The molecule has 0 bridgehead atoms. The highest BCUT2D eigenvalue weighted by Crippen LogP contribution is 2.20. The third-order valence-electron chi connectivity index (χ3n) is 3.06. The Morgan fingerprint density at radius 1 is 1.33 bits per heavy atom. The highest BCUT2D eigenvalue weighted by molar-refractivity contribution is 7.89. The molecular formula is C12H17ClN2O2S. The quantitative estimate of drug-likeness (QED) is 0.888. The molecule has 0 amide bonds. The Kier molecular flexibility index (Phi) is 4.61. The Morgan fingerprint density at radius 3 is 2.78 bits per heavy atom. The average Bonchev–Trinajstić information content (AvgIpc) is 2.38. The van der Waals surface area contributed by atoms with E-state index in [9.17, 15) is 8.42 Å². The highest BCUT2D eigenvalue weighted by atomic mass is 35.5. The first kappa shape index (κ1) is 13.8. The monoisotopic (exact) mass is 288 g/mol. The zero-order chi connectivity index (χ0) is 13.0. The van der Waals surface area contributed by atoms with Gasteiger partial charge in [0, 0.05) is 12.6 Å². The molecule has 0 unspecified atom stereocenters. The van der Waals surface area contributed by atoms with Gasteiger partial charge < -0.3 is 5.32 Å². The lowest BCUT2D eigenvalue weighted by atomic mass is 10.1. The fourth-order valence-corrected chi connectivity index (χ4v) is 3.65. The number of benzene rings is 1. The number of sulfonamides is 1. The Hall–Kier alpha value is -0.620. The van der Waals surface area contributed by atoms with Crippen LogP contribution in [-0.2, 0) is 10.0 Å². The van der Waals surface area contributed by atoms with Crippen molar-refractivity contribution in [2.75, 3.05) is 13.1 Å². The molecule has 0 aliphatic carbocycles. The second kappa shape index (κ2) is 6.02. The Morgan fingerprint density at radius 2 is 2.11 bits per heavy atom. The predicted molar refractivity (Wildman–Crippen MR) is 72.3 cm³/mol. The molecule has 1 fully saturated rings. The normalized spacial score (nSPS) is 20.8. The van der Waals surface area contributed by atoms with Crippen LogP contribution >= 0.6 is 11.6 Å². The third kappa shape index (κ3) is 3.45. The van der Waals surface area contributed by atoms with Crippen molar-refractivity contribution >= 4 is 21.6 Å². The van der Waals surface area contributed by atoms with Crippen molar-refractivity contribution in [3.8, 4) is 0 Å². The summed E-state index contributed by atoms with van der Waals surface area (Å²) < 4.78 is 26.8. The lowest BCUT2D eigenvalue weighted by Crippen LogP contribution is -2.43. The van der Waals surface area contributed by atoms with Gasteiger partial charge in [-0.15, -0.1) is 0 Å². The summed E-state index contributed by atoms with van der Waals surface area (Å²) in [7, 11) is -3.51. The van der Waals surface area contributed by atoms with Crippen molar-refractivity contribution in [1.29, 1.82) is 0 Å². The van der Waals surface area contributed by atoms with E-state index >= 15 is 0 Å². The van der Waals surface area contributed by atoms with Crippen LogP contribution in [0.2, 0.25) is 5.02 Å². The molecule has 100 valence electrons. The number of rotatable bonds is 4. The Labute approximate surface area is 113 Å². The van der Waals surface area contributed by atoms with Crippen molar-refractivity contribution < 1.29 is 8.42 Å². The smallest absolute Gasteiger partial charge is 0.242 e. The van der Waals surface area contributed by atoms with E-state index in [1.807, 2.05) is 0 Å². The van der Waals surface area contributed by atoms with Gasteiger partial charge in [0.1, 0.15) is 4.90 Å². The van der Waals surface area contributed by atoms with E-state index < -0.39 is 10.0 Å².